The summed E-state index contributed by atoms with van der Waals surface area (Å²) in [6.07, 6.45) is 0. The van der Waals surface area contributed by atoms with Gasteiger partial charge >= 0.3 is 0 Å². The molecule has 0 spiro atoms. The summed E-state index contributed by atoms with van der Waals surface area (Å²) >= 11 is 1.86. The van der Waals surface area contributed by atoms with Crippen LogP contribution in [0.25, 0.3) is 58.8 Å². The van der Waals surface area contributed by atoms with Crippen LogP contribution in [0.1, 0.15) is 0 Å². The van der Waals surface area contributed by atoms with E-state index < -0.39 is 0 Å². The molecule has 2 aromatic heterocycles. The summed E-state index contributed by atoms with van der Waals surface area (Å²) in [7, 11) is 0. The van der Waals surface area contributed by atoms with Crippen LogP contribution in [0.3, 0.4) is 0 Å². The van der Waals surface area contributed by atoms with E-state index in [2.05, 4.69) is 239 Å². The molecule has 0 unspecified atom stereocenters. The standard InChI is InChI=1S/C54H37N3S/c1-6-16-40(17-7-1)55(41-18-8-2-9-19-41)45-28-31-48-47-30-26-39(35-51(47)57(52(48)36-45)44-24-14-5-15-25-44)38-27-33-53-50(34-38)49-32-29-46(37-54(49)58-53)56(42-20-10-3-11-21-42)43-22-12-4-13-23-43/h1-37H. The van der Waals surface area contributed by atoms with Gasteiger partial charge < -0.3 is 14.4 Å². The molecule has 0 fully saturated rings. The van der Waals surface area contributed by atoms with Crippen molar-refractivity contribution in [3.05, 3.63) is 224 Å². The van der Waals surface area contributed by atoms with Gasteiger partial charge in [0.2, 0.25) is 0 Å². The number of thiophene rings is 1. The maximum Gasteiger partial charge on any atom is 0.0561 e. The number of hydrogen-bond donors (Lipinski definition) is 0. The largest absolute Gasteiger partial charge is 0.310 e. The van der Waals surface area contributed by atoms with Crippen molar-refractivity contribution in [2.75, 3.05) is 9.80 Å². The van der Waals surface area contributed by atoms with Gasteiger partial charge in [-0.15, -0.1) is 11.3 Å². The third-order valence-corrected chi connectivity index (χ3v) is 12.3. The fourth-order valence-electron chi connectivity index (χ4n) is 8.47. The van der Waals surface area contributed by atoms with E-state index in [1.165, 1.54) is 53.1 Å². The van der Waals surface area contributed by atoms with Gasteiger partial charge in [0, 0.05) is 70.8 Å². The highest BCUT2D eigenvalue weighted by Crippen LogP contribution is 2.43. The molecule has 4 heteroatoms. The van der Waals surface area contributed by atoms with E-state index in [0.717, 1.165) is 39.8 Å². The lowest BCUT2D eigenvalue weighted by atomic mass is 10.0. The summed E-state index contributed by atoms with van der Waals surface area (Å²) in [5, 5.41) is 5.02. The molecule has 0 aliphatic heterocycles. The fourth-order valence-corrected chi connectivity index (χ4v) is 9.59. The van der Waals surface area contributed by atoms with E-state index >= 15 is 0 Å². The average Bonchev–Trinajstić information content (AvgIpc) is 3.82. The van der Waals surface area contributed by atoms with Crippen LogP contribution in [0.15, 0.2) is 224 Å². The second-order valence-corrected chi connectivity index (χ2v) is 15.7. The molecule has 3 nitrogen and oxygen atoms in total. The number of aromatic nitrogens is 1. The Kier molecular flexibility index (Phi) is 8.34. The average molecular weight is 760 g/mol. The van der Waals surface area contributed by atoms with Crippen LogP contribution >= 0.6 is 11.3 Å². The molecular weight excluding hydrogens is 723 g/mol. The zero-order chi connectivity index (χ0) is 38.4. The van der Waals surface area contributed by atoms with Crippen molar-refractivity contribution < 1.29 is 0 Å². The Morgan fingerprint density at radius 1 is 0.293 bits per heavy atom. The maximum absolute atomic E-state index is 2.43. The molecular formula is C54H37N3S. The zero-order valence-corrected chi connectivity index (χ0v) is 32.4. The first-order valence-corrected chi connectivity index (χ1v) is 20.5. The van der Waals surface area contributed by atoms with Crippen LogP contribution in [-0.2, 0) is 0 Å². The summed E-state index contributed by atoms with van der Waals surface area (Å²) in [6, 6.07) is 81.0. The molecule has 2 heterocycles. The molecule has 0 bridgehead atoms. The molecule has 0 saturated carbocycles. The molecule has 0 aliphatic carbocycles. The number of rotatable bonds is 8. The number of fused-ring (bicyclic) bond motifs is 6. The summed E-state index contributed by atoms with van der Waals surface area (Å²) in [4.78, 5) is 4.67. The number of anilines is 6. The minimum atomic E-state index is 1.11. The molecule has 11 rings (SSSR count). The van der Waals surface area contributed by atoms with Crippen LogP contribution in [0.2, 0.25) is 0 Å². The summed E-state index contributed by atoms with van der Waals surface area (Å²) in [6.45, 7) is 0. The van der Waals surface area contributed by atoms with Crippen LogP contribution in [-0.4, -0.2) is 4.57 Å². The quantitative estimate of drug-likeness (QED) is 0.153. The number of benzene rings is 9. The molecule has 274 valence electrons. The minimum absolute atomic E-state index is 1.11. The second kappa shape index (κ2) is 14.3. The van der Waals surface area contributed by atoms with Crippen molar-refractivity contribution in [3.8, 4) is 16.8 Å². The van der Waals surface area contributed by atoms with E-state index in [1.54, 1.807) is 0 Å². The maximum atomic E-state index is 2.43. The summed E-state index contributed by atoms with van der Waals surface area (Å²) < 4.78 is 4.99. The molecule has 0 saturated heterocycles. The van der Waals surface area contributed by atoms with Crippen LogP contribution in [0.5, 0.6) is 0 Å². The molecule has 0 amide bonds. The Morgan fingerprint density at radius 3 is 1.28 bits per heavy atom. The Labute approximate surface area is 341 Å². The van der Waals surface area contributed by atoms with Gasteiger partial charge in [0.1, 0.15) is 0 Å². The van der Waals surface area contributed by atoms with E-state index in [-0.39, 0.29) is 0 Å². The molecule has 9 aromatic carbocycles. The summed E-state index contributed by atoms with van der Waals surface area (Å²) in [5.41, 5.74) is 12.7. The molecule has 0 N–H and O–H groups in total. The first-order valence-electron chi connectivity index (χ1n) is 19.7. The molecule has 0 atom stereocenters. The van der Waals surface area contributed by atoms with Gasteiger partial charge in [-0.1, -0.05) is 121 Å². The number of nitrogens with zero attached hydrogens (tertiary/aromatic N) is 3. The number of para-hydroxylation sites is 5. The highest BCUT2D eigenvalue weighted by atomic mass is 32.1. The SMILES string of the molecule is c1ccc(N(c2ccccc2)c2ccc3c(c2)sc2ccc(-c4ccc5c6ccc(N(c7ccccc7)c7ccccc7)cc6n(-c6ccccc6)c5c4)cc23)cc1. The van der Waals surface area contributed by atoms with E-state index in [1.807, 2.05) is 11.3 Å². The van der Waals surface area contributed by atoms with Gasteiger partial charge in [-0.3, -0.25) is 0 Å². The fraction of sp³-hybridized carbons (Fsp3) is 0. The normalized spacial score (nSPS) is 11.4. The topological polar surface area (TPSA) is 11.4 Å². The lowest BCUT2D eigenvalue weighted by molar-refractivity contribution is 1.18. The van der Waals surface area contributed by atoms with Gasteiger partial charge in [-0.2, -0.15) is 0 Å². The first kappa shape index (κ1) is 33.9. The van der Waals surface area contributed by atoms with Crippen molar-refractivity contribution in [1.82, 2.24) is 4.57 Å². The summed E-state index contributed by atoms with van der Waals surface area (Å²) in [5.74, 6) is 0. The minimum Gasteiger partial charge on any atom is -0.310 e. The highest BCUT2D eigenvalue weighted by molar-refractivity contribution is 7.25. The van der Waals surface area contributed by atoms with Crippen molar-refractivity contribution in [2.24, 2.45) is 0 Å². The van der Waals surface area contributed by atoms with Crippen molar-refractivity contribution >= 4 is 87.4 Å². The van der Waals surface area contributed by atoms with E-state index in [0.29, 0.717) is 0 Å². The molecule has 0 aliphatic rings. The van der Waals surface area contributed by atoms with Gasteiger partial charge in [0.05, 0.1) is 11.0 Å². The third kappa shape index (κ3) is 5.90. The van der Waals surface area contributed by atoms with Crippen LogP contribution in [0, 0.1) is 0 Å². The van der Waals surface area contributed by atoms with Crippen LogP contribution in [0.4, 0.5) is 34.1 Å². The van der Waals surface area contributed by atoms with Crippen LogP contribution < -0.4 is 9.80 Å². The Bertz CT molecular complexity index is 3130. The van der Waals surface area contributed by atoms with Crippen molar-refractivity contribution in [2.45, 2.75) is 0 Å². The monoisotopic (exact) mass is 759 g/mol. The zero-order valence-electron chi connectivity index (χ0n) is 31.6. The van der Waals surface area contributed by atoms with Gasteiger partial charge in [-0.05, 0) is 114 Å². The molecule has 58 heavy (non-hydrogen) atoms. The lowest BCUT2D eigenvalue weighted by Gasteiger charge is -2.25. The number of hydrogen-bond acceptors (Lipinski definition) is 3. The Hall–Kier alpha value is -7.40. The van der Waals surface area contributed by atoms with Gasteiger partial charge in [-0.25, -0.2) is 0 Å². The predicted molar refractivity (Wildman–Crippen MR) is 248 cm³/mol. The van der Waals surface area contributed by atoms with Gasteiger partial charge in [0.25, 0.3) is 0 Å². The van der Waals surface area contributed by atoms with Gasteiger partial charge in [0.15, 0.2) is 0 Å². The smallest absolute Gasteiger partial charge is 0.0561 e. The third-order valence-electron chi connectivity index (χ3n) is 11.1. The van der Waals surface area contributed by atoms with E-state index in [9.17, 15) is 0 Å². The predicted octanol–water partition coefficient (Wildman–Crippen LogP) is 15.8. The highest BCUT2D eigenvalue weighted by Gasteiger charge is 2.19. The molecule has 0 radical (unpaired) electrons. The Balaban J connectivity index is 1.04. The first-order chi connectivity index (χ1) is 28.8. The van der Waals surface area contributed by atoms with Crippen molar-refractivity contribution in [3.63, 3.8) is 0 Å². The second-order valence-electron chi connectivity index (χ2n) is 14.6. The lowest BCUT2D eigenvalue weighted by Crippen LogP contribution is -2.09. The van der Waals surface area contributed by atoms with E-state index in [4.69, 9.17) is 0 Å². The molecule has 11 aromatic rings. The van der Waals surface area contributed by atoms with Crippen molar-refractivity contribution in [1.29, 1.82) is 0 Å². The Morgan fingerprint density at radius 2 is 0.724 bits per heavy atom.